The van der Waals surface area contributed by atoms with Crippen LogP contribution in [0.2, 0.25) is 0 Å². The molecule has 0 saturated heterocycles. The van der Waals surface area contributed by atoms with Crippen LogP contribution in [0.3, 0.4) is 0 Å². The molecule has 0 amide bonds. The lowest BCUT2D eigenvalue weighted by Crippen LogP contribution is -1.90. The third-order valence-corrected chi connectivity index (χ3v) is 1.91. The van der Waals surface area contributed by atoms with Gasteiger partial charge in [0, 0.05) is 18.5 Å². The zero-order chi connectivity index (χ0) is 6.81. The molecule has 2 rings (SSSR count). The topological polar surface area (TPSA) is 25.0 Å². The number of ether oxygens (including phenoxy) is 1. The van der Waals surface area contributed by atoms with Crippen LogP contribution in [0.5, 0.6) is 0 Å². The fraction of sp³-hybridized carbons (Fsp3) is 0.500. The van der Waals surface area contributed by atoms with E-state index in [4.69, 9.17) is 4.74 Å². The third-order valence-electron chi connectivity index (χ3n) is 1.91. The number of rotatable bonds is 0. The summed E-state index contributed by atoms with van der Waals surface area (Å²) in [5.41, 5.74) is 2.69. The normalized spacial score (nSPS) is 18.0. The summed E-state index contributed by atoms with van der Waals surface area (Å²) in [6, 6.07) is 2.14. The molecule has 2 heterocycles. The van der Waals surface area contributed by atoms with Crippen LogP contribution in [0.15, 0.2) is 12.3 Å². The molecule has 0 aliphatic carbocycles. The third kappa shape index (κ3) is 0.948. The first-order valence-electron chi connectivity index (χ1n) is 3.70. The minimum Gasteiger partial charge on any atom is -0.375 e. The van der Waals surface area contributed by atoms with E-state index in [1.54, 1.807) is 0 Å². The Morgan fingerprint density at radius 1 is 1.50 bits per heavy atom. The van der Waals surface area contributed by atoms with Crippen LogP contribution in [-0.2, 0) is 17.8 Å². The maximum atomic E-state index is 5.35. The minimum absolute atomic E-state index is 0.766. The molecular weight excluding hydrogens is 126 g/mol. The smallest absolute Gasteiger partial charge is 0.0868 e. The van der Waals surface area contributed by atoms with Crippen LogP contribution in [0, 0.1) is 0 Å². The van der Waals surface area contributed by atoms with Gasteiger partial charge in [-0.3, -0.25) is 0 Å². The van der Waals surface area contributed by atoms with Crippen molar-refractivity contribution in [2.75, 3.05) is 6.61 Å². The van der Waals surface area contributed by atoms with Gasteiger partial charge in [-0.2, -0.15) is 0 Å². The van der Waals surface area contributed by atoms with Crippen LogP contribution >= 0.6 is 0 Å². The number of hydrogen-bond donors (Lipinski definition) is 1. The average molecular weight is 137 g/mol. The first-order chi connectivity index (χ1) is 4.97. The Hall–Kier alpha value is -0.760. The molecule has 0 fully saturated rings. The summed E-state index contributed by atoms with van der Waals surface area (Å²) in [4.78, 5) is 3.17. The van der Waals surface area contributed by atoms with Gasteiger partial charge in [0.05, 0.1) is 6.61 Å². The molecule has 1 aliphatic rings. The molecular formula is C8H11NO. The lowest BCUT2D eigenvalue weighted by molar-refractivity contribution is 0.122. The second-order valence-corrected chi connectivity index (χ2v) is 2.64. The number of aromatic nitrogens is 1. The lowest BCUT2D eigenvalue weighted by Gasteiger charge is -1.95. The first kappa shape index (κ1) is 5.98. The van der Waals surface area contributed by atoms with Gasteiger partial charge in [-0.1, -0.05) is 0 Å². The first-order valence-corrected chi connectivity index (χ1v) is 3.70. The standard InChI is InChI=1S/C8H11NO/c1-2-7-3-4-9-8(7)6-10-5-1/h3-4,9H,1-2,5-6H2. The maximum absolute atomic E-state index is 5.35. The number of nitrogens with one attached hydrogen (secondary N) is 1. The van der Waals surface area contributed by atoms with Crippen LogP contribution in [0.1, 0.15) is 17.7 Å². The van der Waals surface area contributed by atoms with E-state index in [1.807, 2.05) is 6.20 Å². The van der Waals surface area contributed by atoms with E-state index in [1.165, 1.54) is 17.7 Å². The maximum Gasteiger partial charge on any atom is 0.0868 e. The molecule has 0 spiro atoms. The fourth-order valence-electron chi connectivity index (χ4n) is 1.34. The predicted octanol–water partition coefficient (Wildman–Crippen LogP) is 1.48. The highest BCUT2D eigenvalue weighted by Gasteiger charge is 2.06. The Morgan fingerprint density at radius 3 is 3.50 bits per heavy atom. The zero-order valence-corrected chi connectivity index (χ0v) is 5.89. The van der Waals surface area contributed by atoms with Gasteiger partial charge in [0.15, 0.2) is 0 Å². The van der Waals surface area contributed by atoms with E-state index in [0.29, 0.717) is 0 Å². The number of H-pyrrole nitrogens is 1. The van der Waals surface area contributed by atoms with Crippen molar-refractivity contribution >= 4 is 0 Å². The lowest BCUT2D eigenvalue weighted by atomic mass is 10.1. The van der Waals surface area contributed by atoms with Crippen LogP contribution in [0.4, 0.5) is 0 Å². The van der Waals surface area contributed by atoms with Gasteiger partial charge in [-0.15, -0.1) is 0 Å². The van der Waals surface area contributed by atoms with Gasteiger partial charge in [0.25, 0.3) is 0 Å². The van der Waals surface area contributed by atoms with Crippen molar-refractivity contribution in [2.24, 2.45) is 0 Å². The van der Waals surface area contributed by atoms with E-state index < -0.39 is 0 Å². The molecule has 1 aromatic heterocycles. The van der Waals surface area contributed by atoms with Crippen molar-refractivity contribution in [3.8, 4) is 0 Å². The van der Waals surface area contributed by atoms with Crippen LogP contribution < -0.4 is 0 Å². The molecule has 0 radical (unpaired) electrons. The van der Waals surface area contributed by atoms with Crippen molar-refractivity contribution in [3.63, 3.8) is 0 Å². The second kappa shape index (κ2) is 2.46. The second-order valence-electron chi connectivity index (χ2n) is 2.64. The van der Waals surface area contributed by atoms with Gasteiger partial charge in [0.2, 0.25) is 0 Å². The SMILES string of the molecule is c1cc2c([nH]1)COCCC2. The fourth-order valence-corrected chi connectivity index (χ4v) is 1.34. The van der Waals surface area contributed by atoms with E-state index in [2.05, 4.69) is 11.1 Å². The van der Waals surface area contributed by atoms with E-state index in [0.717, 1.165) is 19.6 Å². The number of aromatic amines is 1. The van der Waals surface area contributed by atoms with Gasteiger partial charge < -0.3 is 9.72 Å². The minimum atomic E-state index is 0.766. The van der Waals surface area contributed by atoms with E-state index in [-0.39, 0.29) is 0 Å². The Kier molecular flexibility index (Phi) is 1.47. The monoisotopic (exact) mass is 137 g/mol. The predicted molar refractivity (Wildman–Crippen MR) is 38.8 cm³/mol. The quantitative estimate of drug-likeness (QED) is 0.575. The Balaban J connectivity index is 2.28. The summed E-state index contributed by atoms with van der Waals surface area (Å²) in [5.74, 6) is 0. The van der Waals surface area contributed by atoms with Crippen molar-refractivity contribution < 1.29 is 4.74 Å². The van der Waals surface area contributed by atoms with Gasteiger partial charge in [-0.05, 0) is 24.5 Å². The van der Waals surface area contributed by atoms with Crippen LogP contribution in [0.25, 0.3) is 0 Å². The molecule has 0 atom stereocenters. The zero-order valence-electron chi connectivity index (χ0n) is 5.89. The molecule has 0 aromatic carbocycles. The molecule has 2 nitrogen and oxygen atoms in total. The van der Waals surface area contributed by atoms with Crippen molar-refractivity contribution in [3.05, 3.63) is 23.5 Å². The molecule has 0 bridgehead atoms. The van der Waals surface area contributed by atoms with Crippen molar-refractivity contribution in [1.29, 1.82) is 0 Å². The van der Waals surface area contributed by atoms with E-state index in [9.17, 15) is 0 Å². The summed E-state index contributed by atoms with van der Waals surface area (Å²) in [6.45, 7) is 1.67. The highest BCUT2D eigenvalue weighted by Crippen LogP contribution is 2.13. The highest BCUT2D eigenvalue weighted by molar-refractivity contribution is 5.20. The molecule has 10 heavy (non-hydrogen) atoms. The van der Waals surface area contributed by atoms with Gasteiger partial charge >= 0.3 is 0 Å². The molecule has 2 heteroatoms. The molecule has 1 aliphatic heterocycles. The molecule has 0 saturated carbocycles. The van der Waals surface area contributed by atoms with Crippen molar-refractivity contribution in [1.82, 2.24) is 4.98 Å². The molecule has 54 valence electrons. The Morgan fingerprint density at radius 2 is 2.50 bits per heavy atom. The average Bonchev–Trinajstić information content (AvgIpc) is 2.28. The summed E-state index contributed by atoms with van der Waals surface area (Å²) in [7, 11) is 0. The number of fused-ring (bicyclic) bond motifs is 1. The highest BCUT2D eigenvalue weighted by atomic mass is 16.5. The molecule has 1 aromatic rings. The summed E-state index contributed by atoms with van der Waals surface area (Å²) >= 11 is 0. The van der Waals surface area contributed by atoms with Gasteiger partial charge in [-0.25, -0.2) is 0 Å². The van der Waals surface area contributed by atoms with E-state index >= 15 is 0 Å². The molecule has 1 N–H and O–H groups in total. The number of aryl methyl sites for hydroxylation is 1. The Labute approximate surface area is 60.2 Å². The van der Waals surface area contributed by atoms with Crippen molar-refractivity contribution in [2.45, 2.75) is 19.4 Å². The Bertz CT molecular complexity index is 196. The summed E-state index contributed by atoms with van der Waals surface area (Å²) in [6.07, 6.45) is 4.31. The number of hydrogen-bond acceptors (Lipinski definition) is 1. The van der Waals surface area contributed by atoms with Gasteiger partial charge in [0.1, 0.15) is 0 Å². The summed E-state index contributed by atoms with van der Waals surface area (Å²) in [5, 5.41) is 0. The largest absolute Gasteiger partial charge is 0.375 e. The molecule has 0 unspecified atom stereocenters. The summed E-state index contributed by atoms with van der Waals surface area (Å²) < 4.78 is 5.35. The van der Waals surface area contributed by atoms with Crippen LogP contribution in [-0.4, -0.2) is 11.6 Å².